The van der Waals surface area contributed by atoms with E-state index in [0.717, 1.165) is 90.2 Å². The largest absolute Gasteiger partial charge is 0.397 e. The number of aromatic nitrogens is 4. The van der Waals surface area contributed by atoms with Crippen LogP contribution in [-0.2, 0) is 6.55 Å². The van der Waals surface area contributed by atoms with Crippen LogP contribution in [0, 0.1) is 13.8 Å². The van der Waals surface area contributed by atoms with Gasteiger partial charge in [0.25, 0.3) is 0 Å². The molecule has 6 aromatic carbocycles. The molecule has 0 saturated heterocycles. The van der Waals surface area contributed by atoms with Gasteiger partial charge < -0.3 is 16.0 Å². The average molecular weight is 963 g/mol. The lowest BCUT2D eigenvalue weighted by Gasteiger charge is -2.28. The summed E-state index contributed by atoms with van der Waals surface area (Å²) in [5.74, 6) is 0.900. The topological polar surface area (TPSA) is 98.9 Å². The van der Waals surface area contributed by atoms with Gasteiger partial charge in [0.15, 0.2) is 6.21 Å². The summed E-state index contributed by atoms with van der Waals surface area (Å²) in [4.78, 5) is 22.1. The zero-order valence-corrected chi connectivity index (χ0v) is 42.3. The summed E-state index contributed by atoms with van der Waals surface area (Å²) < 4.78 is 2.29. The Kier molecular flexibility index (Phi) is 11.8. The Morgan fingerprint density at radius 3 is 2.05 bits per heavy atom. The predicted molar refractivity (Wildman–Crippen MR) is 303 cm³/mol. The maximum atomic E-state index is 6.77. The molecule has 0 spiro atoms. The quantitative estimate of drug-likeness (QED) is 0.0882. The van der Waals surface area contributed by atoms with Gasteiger partial charge in [-0.15, -0.1) is 0 Å². The van der Waals surface area contributed by atoms with Crippen LogP contribution in [0.25, 0.3) is 77.8 Å². The Hall–Kier alpha value is -8.92. The molecular formula is C64H54N8Si. The molecule has 354 valence electrons. The van der Waals surface area contributed by atoms with Crippen molar-refractivity contribution in [2.75, 3.05) is 10.2 Å². The first-order chi connectivity index (χ1) is 35.8. The van der Waals surface area contributed by atoms with Gasteiger partial charge in [-0.25, -0.2) is 28.3 Å². The van der Waals surface area contributed by atoms with E-state index in [0.29, 0.717) is 5.70 Å². The molecule has 0 fully saturated rings. The third-order valence-electron chi connectivity index (χ3n) is 14.2. The van der Waals surface area contributed by atoms with E-state index in [1.165, 1.54) is 27.0 Å². The third kappa shape index (κ3) is 8.13. The molecule has 2 unspecified atom stereocenters. The highest BCUT2D eigenvalue weighted by Crippen LogP contribution is 2.51. The molecule has 2 aliphatic rings. The highest BCUT2D eigenvalue weighted by molar-refractivity contribution is 6.69. The number of rotatable bonds is 11. The van der Waals surface area contributed by atoms with Gasteiger partial charge in [0.1, 0.15) is 17.7 Å². The SMILES string of the molecule is C/C=C\C=C(/N)c1cccc(-c2c(-c3ccc(-n4c(-c5ccccc5)nc5ccccc54)cc3C)c(-c3ccc(N4c5ccccc5NC4c4ccccc4)cc3C)c(-c3cccc(C4C=CC=[NH+]4)n3)[si-]2C)n1. The molecule has 8 nitrogen and oxygen atoms in total. The molecule has 2 atom stereocenters. The second-order valence-electron chi connectivity index (χ2n) is 18.8. The van der Waals surface area contributed by atoms with E-state index in [1.807, 2.05) is 37.4 Å². The summed E-state index contributed by atoms with van der Waals surface area (Å²) in [5, 5.41) is 6.30. The number of pyridine rings is 2. The molecule has 6 heterocycles. The number of nitrogens with zero attached hydrogens (tertiary/aromatic N) is 5. The Labute approximate surface area is 427 Å². The lowest BCUT2D eigenvalue weighted by atomic mass is 9.88. The van der Waals surface area contributed by atoms with E-state index in [-0.39, 0.29) is 12.2 Å². The van der Waals surface area contributed by atoms with E-state index < -0.39 is 8.40 Å². The molecule has 4 N–H and O–H groups in total. The van der Waals surface area contributed by atoms with E-state index in [1.54, 1.807) is 0 Å². The van der Waals surface area contributed by atoms with E-state index in [4.69, 9.17) is 20.7 Å². The van der Waals surface area contributed by atoms with Crippen LogP contribution in [0.2, 0.25) is 0 Å². The van der Waals surface area contributed by atoms with Crippen LogP contribution < -0.4 is 20.9 Å². The Balaban J connectivity index is 1.12. The molecule has 0 bridgehead atoms. The summed E-state index contributed by atoms with van der Waals surface area (Å²) in [5.41, 5.74) is 26.6. The molecule has 2 aliphatic heterocycles. The zero-order chi connectivity index (χ0) is 49.6. The standard InChI is InChI=1S/C64H53N8Si/c1-5-6-24-49(65)50-27-17-29-55(67-50)61-59(47-36-34-45(39-41(47)2)71-57-32-15-13-25-53(57)69-63(71)43-20-9-7-10-21-43)60(62(73(61)4)56-30-18-28-52(68-56)51-31-19-38-66-51)48-37-35-46(40-42(48)3)72-58-33-16-14-26-54(58)70-64(72)44-22-11-8-12-23-44/h5-40,51,64,70H,65H2,1-4H3/q-1/p+1/b6-5-,49-24-. The number of para-hydroxylation sites is 4. The van der Waals surface area contributed by atoms with Gasteiger partial charge in [-0.3, -0.25) is 4.57 Å². The number of hydrogen-bond donors (Lipinski definition) is 3. The summed E-state index contributed by atoms with van der Waals surface area (Å²) in [6.45, 7) is 8.92. The summed E-state index contributed by atoms with van der Waals surface area (Å²) in [6, 6.07) is 64.8. The lowest BCUT2D eigenvalue weighted by Crippen LogP contribution is -2.67. The van der Waals surface area contributed by atoms with Gasteiger partial charge in [-0.2, -0.15) is 16.9 Å². The molecule has 4 aromatic heterocycles. The van der Waals surface area contributed by atoms with Crippen molar-refractivity contribution in [1.82, 2.24) is 19.5 Å². The first kappa shape index (κ1) is 45.2. The number of imidazole rings is 1. The highest BCUT2D eigenvalue weighted by atomic mass is 28.2. The highest BCUT2D eigenvalue weighted by Gasteiger charge is 2.32. The molecule has 0 radical (unpaired) electrons. The van der Waals surface area contributed by atoms with Crippen molar-refractivity contribution in [2.45, 2.75) is 33.0 Å². The zero-order valence-electron chi connectivity index (χ0n) is 41.3. The van der Waals surface area contributed by atoms with Gasteiger partial charge in [-0.1, -0.05) is 121 Å². The number of fused-ring (bicyclic) bond motifs is 2. The van der Waals surface area contributed by atoms with Crippen molar-refractivity contribution in [2.24, 2.45) is 12.3 Å². The Bertz CT molecular complexity index is 3850. The van der Waals surface area contributed by atoms with Gasteiger partial charge >= 0.3 is 0 Å². The van der Waals surface area contributed by atoms with Crippen molar-refractivity contribution < 1.29 is 4.99 Å². The second-order valence-corrected chi connectivity index (χ2v) is 21.0. The third-order valence-corrected chi connectivity index (χ3v) is 16.7. The van der Waals surface area contributed by atoms with Crippen LogP contribution in [0.4, 0.5) is 17.1 Å². The van der Waals surface area contributed by atoms with Crippen LogP contribution in [0.15, 0.2) is 212 Å². The molecule has 9 heteroatoms. The maximum Gasteiger partial charge on any atom is 0.212 e. The van der Waals surface area contributed by atoms with Crippen molar-refractivity contribution in [3.8, 4) is 61.1 Å². The fourth-order valence-electron chi connectivity index (χ4n) is 10.8. The second kappa shape index (κ2) is 19.0. The number of benzene rings is 6. The van der Waals surface area contributed by atoms with Crippen LogP contribution in [0.1, 0.15) is 47.2 Å². The number of anilines is 3. The number of nitrogens with two attached hydrogens (primary N) is 1. The van der Waals surface area contributed by atoms with Crippen LogP contribution in [0.3, 0.4) is 0 Å². The summed E-state index contributed by atoms with van der Waals surface area (Å²) >= 11 is 0. The molecule has 73 heavy (non-hydrogen) atoms. The number of nitrogens with one attached hydrogen (secondary N) is 2. The van der Waals surface area contributed by atoms with Crippen LogP contribution in [0.5, 0.6) is 0 Å². The van der Waals surface area contributed by atoms with Crippen molar-refractivity contribution in [3.05, 3.63) is 240 Å². The minimum absolute atomic E-state index is 0.0135. The first-order valence-electron chi connectivity index (χ1n) is 24.9. The first-order valence-corrected chi connectivity index (χ1v) is 26.9. The van der Waals surface area contributed by atoms with Gasteiger partial charge in [0.05, 0.1) is 33.8 Å². The van der Waals surface area contributed by atoms with Gasteiger partial charge in [0, 0.05) is 34.4 Å². The number of aryl methyl sites for hydroxylation is 2. The van der Waals surface area contributed by atoms with E-state index >= 15 is 0 Å². The minimum atomic E-state index is -1.61. The van der Waals surface area contributed by atoms with E-state index in [2.05, 4.69) is 228 Å². The molecule has 0 saturated carbocycles. The fourth-order valence-corrected chi connectivity index (χ4v) is 13.4. The van der Waals surface area contributed by atoms with Crippen LogP contribution >= 0.6 is 0 Å². The van der Waals surface area contributed by atoms with Crippen molar-refractivity contribution in [3.63, 3.8) is 0 Å². The molecule has 12 rings (SSSR count). The van der Waals surface area contributed by atoms with Crippen LogP contribution in [-0.4, -0.2) is 34.1 Å². The fraction of sp³-hybridized carbons (Fsp3) is 0.0938. The summed E-state index contributed by atoms with van der Waals surface area (Å²) in [6.07, 6.45) is 12.0. The van der Waals surface area contributed by atoms with Crippen molar-refractivity contribution >= 4 is 48.4 Å². The normalized spacial score (nSPS) is 15.2. The predicted octanol–water partition coefficient (Wildman–Crippen LogP) is 12.9. The number of allylic oxidation sites excluding steroid dienone is 4. The summed E-state index contributed by atoms with van der Waals surface area (Å²) in [7, 11) is -1.61. The molecule has 10 aromatic rings. The molecule has 0 aliphatic carbocycles. The monoisotopic (exact) mass is 962 g/mol. The number of hydrogen-bond acceptors (Lipinski definition) is 6. The maximum absolute atomic E-state index is 6.77. The minimum Gasteiger partial charge on any atom is -0.397 e. The van der Waals surface area contributed by atoms with Gasteiger partial charge in [0.2, 0.25) is 6.04 Å². The van der Waals surface area contributed by atoms with E-state index in [9.17, 15) is 0 Å². The Morgan fingerprint density at radius 2 is 1.33 bits per heavy atom. The van der Waals surface area contributed by atoms with Crippen molar-refractivity contribution in [1.29, 1.82) is 0 Å². The smallest absolute Gasteiger partial charge is 0.212 e. The molecular weight excluding hydrogens is 909 g/mol. The lowest BCUT2D eigenvalue weighted by molar-refractivity contribution is -0.486. The average Bonchev–Trinajstić information content (AvgIpc) is 4.25. The molecule has 0 amide bonds. The van der Waals surface area contributed by atoms with Gasteiger partial charge in [-0.05, 0) is 145 Å². The Morgan fingerprint density at radius 1 is 0.671 bits per heavy atom.